The Kier molecular flexibility index (Phi) is 5.04. The minimum absolute atomic E-state index is 0.0792. The maximum Gasteiger partial charge on any atom is 0.256 e. The number of carbonyl (C=O) groups excluding carboxylic acids is 1. The summed E-state index contributed by atoms with van der Waals surface area (Å²) in [5, 5.41) is 6.08. The summed E-state index contributed by atoms with van der Waals surface area (Å²) in [4.78, 5) is 16.5. The highest BCUT2D eigenvalue weighted by Crippen LogP contribution is 2.22. The summed E-state index contributed by atoms with van der Waals surface area (Å²) in [5.41, 5.74) is 2.85. The molecule has 1 heterocycles. The molecule has 0 radical (unpaired) electrons. The number of anilines is 2. The second kappa shape index (κ2) is 6.82. The predicted molar refractivity (Wildman–Crippen MR) is 96.1 cm³/mol. The molecule has 0 fully saturated rings. The molecule has 1 aromatic carbocycles. The molecule has 122 valence electrons. The first-order chi connectivity index (χ1) is 10.8. The van der Waals surface area contributed by atoms with Crippen LogP contribution in [0.5, 0.6) is 0 Å². The smallest absolute Gasteiger partial charge is 0.256 e. The van der Waals surface area contributed by atoms with Crippen LogP contribution < -0.4 is 10.6 Å². The number of benzene rings is 1. The number of nitrogens with one attached hydrogen (secondary N) is 2. The Hall–Kier alpha value is -2.36. The fourth-order valence-corrected chi connectivity index (χ4v) is 2.20. The first kappa shape index (κ1) is 17.0. The van der Waals surface area contributed by atoms with Gasteiger partial charge in [0.15, 0.2) is 0 Å². The van der Waals surface area contributed by atoms with Crippen molar-refractivity contribution in [3.63, 3.8) is 0 Å². The van der Waals surface area contributed by atoms with E-state index in [1.54, 1.807) is 12.3 Å². The lowest BCUT2D eigenvalue weighted by Gasteiger charge is -2.19. The third-order valence-corrected chi connectivity index (χ3v) is 3.47. The maximum atomic E-state index is 12.3. The Morgan fingerprint density at radius 2 is 1.70 bits per heavy atom. The van der Waals surface area contributed by atoms with Gasteiger partial charge in [-0.15, -0.1) is 0 Å². The number of nitrogens with zero attached hydrogens (tertiary/aromatic N) is 1. The van der Waals surface area contributed by atoms with Gasteiger partial charge in [0, 0.05) is 11.6 Å². The highest BCUT2D eigenvalue weighted by molar-refractivity contribution is 6.03. The number of hydrogen-bond acceptors (Lipinski definition) is 3. The predicted octanol–water partition coefficient (Wildman–Crippen LogP) is 4.45. The van der Waals surface area contributed by atoms with Crippen molar-refractivity contribution in [3.05, 3.63) is 53.7 Å². The molecule has 0 atom stereocenters. The molecule has 0 saturated heterocycles. The van der Waals surface area contributed by atoms with Crippen molar-refractivity contribution in [3.8, 4) is 0 Å². The van der Waals surface area contributed by atoms with E-state index in [-0.39, 0.29) is 11.3 Å². The van der Waals surface area contributed by atoms with Crippen LogP contribution in [0.25, 0.3) is 0 Å². The summed E-state index contributed by atoms with van der Waals surface area (Å²) in [6.45, 7) is 10.6. The SMILES string of the molecule is CC(C)Nc1ccc(NC(=O)c2ccc(C(C)(C)C)cc2)nc1. The molecule has 0 spiro atoms. The first-order valence-electron chi connectivity index (χ1n) is 7.90. The normalized spacial score (nSPS) is 11.4. The zero-order chi connectivity index (χ0) is 17.0. The van der Waals surface area contributed by atoms with Gasteiger partial charge < -0.3 is 10.6 Å². The lowest BCUT2D eigenvalue weighted by atomic mass is 9.87. The summed E-state index contributed by atoms with van der Waals surface area (Å²) in [5.74, 6) is 0.395. The summed E-state index contributed by atoms with van der Waals surface area (Å²) < 4.78 is 0. The Morgan fingerprint density at radius 3 is 2.17 bits per heavy atom. The molecular formula is C19H25N3O. The molecule has 2 N–H and O–H groups in total. The molecule has 2 rings (SSSR count). The van der Waals surface area contributed by atoms with Crippen LogP contribution in [0.15, 0.2) is 42.6 Å². The zero-order valence-corrected chi connectivity index (χ0v) is 14.5. The minimum atomic E-state index is -0.150. The molecule has 0 bridgehead atoms. The molecule has 1 aromatic heterocycles. The highest BCUT2D eigenvalue weighted by Gasteiger charge is 2.14. The van der Waals surface area contributed by atoms with Crippen LogP contribution in [0.1, 0.15) is 50.5 Å². The van der Waals surface area contributed by atoms with Crippen molar-refractivity contribution in [1.29, 1.82) is 0 Å². The lowest BCUT2D eigenvalue weighted by molar-refractivity contribution is 0.102. The molecule has 4 heteroatoms. The topological polar surface area (TPSA) is 54.0 Å². The van der Waals surface area contributed by atoms with Crippen molar-refractivity contribution in [2.24, 2.45) is 0 Å². The van der Waals surface area contributed by atoms with Crippen molar-refractivity contribution in [2.45, 2.75) is 46.1 Å². The van der Waals surface area contributed by atoms with E-state index < -0.39 is 0 Å². The van der Waals surface area contributed by atoms with Gasteiger partial charge in [0.2, 0.25) is 0 Å². The summed E-state index contributed by atoms with van der Waals surface area (Å²) in [6, 6.07) is 11.8. The van der Waals surface area contributed by atoms with Gasteiger partial charge in [-0.2, -0.15) is 0 Å². The van der Waals surface area contributed by atoms with Crippen LogP contribution in [-0.4, -0.2) is 16.9 Å². The number of pyridine rings is 1. The van der Waals surface area contributed by atoms with Gasteiger partial charge >= 0.3 is 0 Å². The maximum absolute atomic E-state index is 12.3. The van der Waals surface area contributed by atoms with Crippen LogP contribution in [0, 0.1) is 0 Å². The molecule has 0 unspecified atom stereocenters. The zero-order valence-electron chi connectivity index (χ0n) is 14.5. The quantitative estimate of drug-likeness (QED) is 0.877. The van der Waals surface area contributed by atoms with Crippen LogP contribution in [-0.2, 0) is 5.41 Å². The lowest BCUT2D eigenvalue weighted by Crippen LogP contribution is -2.15. The van der Waals surface area contributed by atoms with E-state index in [9.17, 15) is 4.79 Å². The molecule has 2 aromatic rings. The molecule has 0 saturated carbocycles. The summed E-state index contributed by atoms with van der Waals surface area (Å²) in [7, 11) is 0. The Morgan fingerprint density at radius 1 is 1.04 bits per heavy atom. The molecule has 23 heavy (non-hydrogen) atoms. The van der Waals surface area contributed by atoms with Gasteiger partial charge in [0.25, 0.3) is 5.91 Å². The van der Waals surface area contributed by atoms with Crippen molar-refractivity contribution >= 4 is 17.4 Å². The fourth-order valence-electron chi connectivity index (χ4n) is 2.20. The van der Waals surface area contributed by atoms with Gasteiger partial charge in [-0.05, 0) is 49.1 Å². The molecule has 0 aliphatic rings. The van der Waals surface area contributed by atoms with Crippen molar-refractivity contribution in [2.75, 3.05) is 10.6 Å². The van der Waals surface area contributed by atoms with Gasteiger partial charge in [0.1, 0.15) is 5.82 Å². The number of hydrogen-bond donors (Lipinski definition) is 2. The molecule has 0 aliphatic heterocycles. The van der Waals surface area contributed by atoms with Gasteiger partial charge in [-0.25, -0.2) is 4.98 Å². The van der Waals surface area contributed by atoms with Crippen molar-refractivity contribution in [1.82, 2.24) is 4.98 Å². The number of carbonyl (C=O) groups is 1. The van der Waals surface area contributed by atoms with Gasteiger partial charge in [0.05, 0.1) is 11.9 Å². The van der Waals surface area contributed by atoms with Crippen LogP contribution in [0.4, 0.5) is 11.5 Å². The van der Waals surface area contributed by atoms with Crippen LogP contribution in [0.2, 0.25) is 0 Å². The van der Waals surface area contributed by atoms with Crippen molar-refractivity contribution < 1.29 is 4.79 Å². The molecule has 4 nitrogen and oxygen atoms in total. The second-order valence-electron chi connectivity index (χ2n) is 7.01. The third kappa shape index (κ3) is 4.81. The number of aromatic nitrogens is 1. The van der Waals surface area contributed by atoms with Gasteiger partial charge in [-0.3, -0.25) is 4.79 Å². The molecular weight excluding hydrogens is 286 g/mol. The molecule has 1 amide bonds. The molecule has 0 aliphatic carbocycles. The monoisotopic (exact) mass is 311 g/mol. The Balaban J connectivity index is 2.04. The van der Waals surface area contributed by atoms with E-state index in [4.69, 9.17) is 0 Å². The van der Waals surface area contributed by atoms with Crippen LogP contribution >= 0.6 is 0 Å². The first-order valence-corrected chi connectivity index (χ1v) is 7.90. The summed E-state index contributed by atoms with van der Waals surface area (Å²) >= 11 is 0. The number of rotatable bonds is 4. The standard InChI is InChI=1S/C19H25N3O/c1-13(2)21-16-10-11-17(20-12-16)22-18(23)14-6-8-15(9-7-14)19(3,4)5/h6-13,21H,1-5H3,(H,20,22,23). The average Bonchev–Trinajstić information content (AvgIpc) is 2.48. The third-order valence-electron chi connectivity index (χ3n) is 3.47. The van der Waals surface area contributed by atoms with E-state index in [1.165, 1.54) is 5.56 Å². The van der Waals surface area contributed by atoms with E-state index in [0.717, 1.165) is 5.69 Å². The summed E-state index contributed by atoms with van der Waals surface area (Å²) in [6.07, 6.45) is 1.72. The second-order valence-corrected chi connectivity index (χ2v) is 7.01. The van der Waals surface area contributed by atoms with E-state index in [2.05, 4.69) is 50.2 Å². The Labute approximate surface area is 138 Å². The highest BCUT2D eigenvalue weighted by atomic mass is 16.1. The van der Waals surface area contributed by atoms with E-state index in [0.29, 0.717) is 17.4 Å². The fraction of sp³-hybridized carbons (Fsp3) is 0.368. The average molecular weight is 311 g/mol. The van der Waals surface area contributed by atoms with Gasteiger partial charge in [-0.1, -0.05) is 32.9 Å². The van der Waals surface area contributed by atoms with Crippen LogP contribution in [0.3, 0.4) is 0 Å². The van der Waals surface area contributed by atoms with E-state index in [1.807, 2.05) is 30.3 Å². The Bertz CT molecular complexity index is 653. The largest absolute Gasteiger partial charge is 0.382 e. The minimum Gasteiger partial charge on any atom is -0.382 e. The van der Waals surface area contributed by atoms with E-state index >= 15 is 0 Å². The number of amides is 1.